The normalized spacial score (nSPS) is 14.6. The minimum absolute atomic E-state index is 0.0213. The summed E-state index contributed by atoms with van der Waals surface area (Å²) in [5, 5.41) is 5.24. The van der Waals surface area contributed by atoms with Crippen LogP contribution in [0.2, 0.25) is 0 Å². The number of nitrogens with one attached hydrogen (secondary N) is 1. The molecule has 1 aliphatic heterocycles. The number of hydrogen-bond acceptors (Lipinski definition) is 4. The highest BCUT2D eigenvalue weighted by Gasteiger charge is 2.19. The highest BCUT2D eigenvalue weighted by Crippen LogP contribution is 2.23. The number of benzene rings is 3. The molecule has 0 aliphatic carbocycles. The number of anilines is 1. The number of methoxy groups -OCH3 is 1. The van der Waals surface area contributed by atoms with Crippen LogP contribution in [0.3, 0.4) is 0 Å². The van der Waals surface area contributed by atoms with Crippen molar-refractivity contribution in [3.8, 4) is 5.75 Å². The Morgan fingerprint density at radius 2 is 1.68 bits per heavy atom. The number of fused-ring (bicyclic) bond motifs is 1. The summed E-state index contributed by atoms with van der Waals surface area (Å²) in [7, 11) is 1.65. The molecule has 1 N–H and O–H groups in total. The standard InChI is InChI=1S/C28H33N3O3/c1-34-24-13-10-22(11-14-24)12-15-28(33)31-18-5-17-30(20-21-31)19-16-27(32)29-26-9-4-7-23-6-2-3-8-25(23)26/h2-4,6-11,13-14H,5,12,15-21H2,1H3,(H,29,32). The number of aryl methyl sites for hydroxylation is 1. The van der Waals surface area contributed by atoms with Crippen LogP contribution in [0.5, 0.6) is 5.75 Å². The molecule has 34 heavy (non-hydrogen) atoms. The Hall–Kier alpha value is -3.38. The van der Waals surface area contributed by atoms with E-state index >= 15 is 0 Å². The fourth-order valence-corrected chi connectivity index (χ4v) is 4.45. The summed E-state index contributed by atoms with van der Waals surface area (Å²) in [5.41, 5.74) is 2.00. The number of carbonyl (C=O) groups excluding carboxylic acids is 2. The Bertz CT molecular complexity index is 1110. The fourth-order valence-electron chi connectivity index (χ4n) is 4.45. The average molecular weight is 460 g/mol. The van der Waals surface area contributed by atoms with E-state index in [-0.39, 0.29) is 11.8 Å². The van der Waals surface area contributed by atoms with Gasteiger partial charge in [-0.15, -0.1) is 0 Å². The Kier molecular flexibility index (Phi) is 8.15. The van der Waals surface area contributed by atoms with Crippen molar-refractivity contribution in [2.45, 2.75) is 25.7 Å². The third-order valence-electron chi connectivity index (χ3n) is 6.45. The maximum Gasteiger partial charge on any atom is 0.225 e. The van der Waals surface area contributed by atoms with E-state index in [4.69, 9.17) is 4.74 Å². The van der Waals surface area contributed by atoms with Gasteiger partial charge < -0.3 is 19.9 Å². The van der Waals surface area contributed by atoms with Crippen LogP contribution in [0.15, 0.2) is 66.7 Å². The van der Waals surface area contributed by atoms with Crippen LogP contribution >= 0.6 is 0 Å². The van der Waals surface area contributed by atoms with Crippen LogP contribution in [0.25, 0.3) is 10.8 Å². The molecule has 3 aromatic rings. The number of carbonyl (C=O) groups is 2. The van der Waals surface area contributed by atoms with Crippen LogP contribution in [0.1, 0.15) is 24.8 Å². The third kappa shape index (κ3) is 6.35. The highest BCUT2D eigenvalue weighted by molar-refractivity contribution is 6.02. The van der Waals surface area contributed by atoms with Gasteiger partial charge in [-0.2, -0.15) is 0 Å². The minimum atomic E-state index is 0.0213. The van der Waals surface area contributed by atoms with E-state index in [0.717, 1.165) is 60.2 Å². The van der Waals surface area contributed by atoms with Gasteiger partial charge in [0.05, 0.1) is 7.11 Å². The van der Waals surface area contributed by atoms with Crippen LogP contribution in [-0.4, -0.2) is 61.4 Å². The Balaban J connectivity index is 1.21. The van der Waals surface area contributed by atoms with Gasteiger partial charge in [-0.25, -0.2) is 0 Å². The van der Waals surface area contributed by atoms with Gasteiger partial charge in [0.15, 0.2) is 0 Å². The molecule has 1 saturated heterocycles. The zero-order chi connectivity index (χ0) is 23.8. The molecule has 0 spiro atoms. The smallest absolute Gasteiger partial charge is 0.225 e. The first kappa shape index (κ1) is 23.8. The number of ether oxygens (including phenoxy) is 1. The van der Waals surface area contributed by atoms with E-state index < -0.39 is 0 Å². The van der Waals surface area contributed by atoms with Crippen molar-refractivity contribution in [2.75, 3.05) is 45.2 Å². The zero-order valence-electron chi connectivity index (χ0n) is 19.8. The van der Waals surface area contributed by atoms with Gasteiger partial charge >= 0.3 is 0 Å². The van der Waals surface area contributed by atoms with Crippen molar-refractivity contribution in [1.29, 1.82) is 0 Å². The van der Waals surface area contributed by atoms with E-state index in [1.54, 1.807) is 7.11 Å². The molecule has 0 bridgehead atoms. The Morgan fingerprint density at radius 3 is 2.50 bits per heavy atom. The predicted octanol–water partition coefficient (Wildman–Crippen LogP) is 4.34. The molecule has 0 unspecified atom stereocenters. The quantitative estimate of drug-likeness (QED) is 0.544. The monoisotopic (exact) mass is 459 g/mol. The summed E-state index contributed by atoms with van der Waals surface area (Å²) >= 11 is 0. The first-order chi connectivity index (χ1) is 16.6. The second kappa shape index (κ2) is 11.7. The second-order valence-electron chi connectivity index (χ2n) is 8.75. The van der Waals surface area contributed by atoms with Crippen molar-refractivity contribution >= 4 is 28.3 Å². The van der Waals surface area contributed by atoms with Crippen molar-refractivity contribution < 1.29 is 14.3 Å². The predicted molar refractivity (Wildman–Crippen MR) is 136 cm³/mol. The molecular weight excluding hydrogens is 426 g/mol. The largest absolute Gasteiger partial charge is 0.497 e. The average Bonchev–Trinajstić information content (AvgIpc) is 3.12. The molecule has 2 amide bonds. The lowest BCUT2D eigenvalue weighted by Gasteiger charge is -2.22. The SMILES string of the molecule is COc1ccc(CCC(=O)N2CCCN(CCC(=O)Nc3cccc4ccccc34)CC2)cc1. The molecule has 0 aromatic heterocycles. The summed E-state index contributed by atoms with van der Waals surface area (Å²) in [6.07, 6.45) is 2.62. The Labute approximate surface area is 201 Å². The summed E-state index contributed by atoms with van der Waals surface area (Å²) in [4.78, 5) is 29.6. The highest BCUT2D eigenvalue weighted by atomic mass is 16.5. The maximum atomic E-state index is 12.7. The van der Waals surface area contributed by atoms with E-state index in [9.17, 15) is 9.59 Å². The lowest BCUT2D eigenvalue weighted by molar-refractivity contribution is -0.131. The molecule has 6 heteroatoms. The van der Waals surface area contributed by atoms with Crippen molar-refractivity contribution in [2.24, 2.45) is 0 Å². The first-order valence-electron chi connectivity index (χ1n) is 12.0. The molecule has 3 aromatic carbocycles. The molecular formula is C28H33N3O3. The van der Waals surface area contributed by atoms with Crippen LogP contribution in [-0.2, 0) is 16.0 Å². The molecule has 1 heterocycles. The second-order valence-corrected chi connectivity index (χ2v) is 8.75. The third-order valence-corrected chi connectivity index (χ3v) is 6.45. The van der Waals surface area contributed by atoms with Crippen molar-refractivity contribution in [3.05, 3.63) is 72.3 Å². The molecule has 4 rings (SSSR count). The van der Waals surface area contributed by atoms with E-state index in [0.29, 0.717) is 25.9 Å². The van der Waals surface area contributed by atoms with Gasteiger partial charge in [-0.3, -0.25) is 9.59 Å². The van der Waals surface area contributed by atoms with Crippen molar-refractivity contribution in [3.63, 3.8) is 0 Å². The fraction of sp³-hybridized carbons (Fsp3) is 0.357. The molecule has 1 fully saturated rings. The number of rotatable bonds is 8. The van der Waals surface area contributed by atoms with Gasteiger partial charge in [0.25, 0.3) is 0 Å². The van der Waals surface area contributed by atoms with E-state index in [2.05, 4.69) is 10.2 Å². The minimum Gasteiger partial charge on any atom is -0.497 e. The molecule has 178 valence electrons. The Morgan fingerprint density at radius 1 is 0.882 bits per heavy atom. The number of nitrogens with zero attached hydrogens (tertiary/aromatic N) is 2. The summed E-state index contributed by atoms with van der Waals surface area (Å²) in [6, 6.07) is 21.9. The van der Waals surface area contributed by atoms with Crippen LogP contribution in [0, 0.1) is 0 Å². The van der Waals surface area contributed by atoms with Gasteiger partial charge in [0.1, 0.15) is 5.75 Å². The van der Waals surface area contributed by atoms with Gasteiger partial charge in [-0.05, 0) is 48.5 Å². The van der Waals surface area contributed by atoms with Gasteiger partial charge in [-0.1, -0.05) is 48.5 Å². The number of amides is 2. The zero-order valence-corrected chi connectivity index (χ0v) is 19.8. The lowest BCUT2D eigenvalue weighted by Crippen LogP contribution is -2.36. The topological polar surface area (TPSA) is 61.9 Å². The summed E-state index contributed by atoms with van der Waals surface area (Å²) in [5.74, 6) is 1.05. The van der Waals surface area contributed by atoms with E-state index in [1.807, 2.05) is 71.6 Å². The van der Waals surface area contributed by atoms with Gasteiger partial charge in [0.2, 0.25) is 11.8 Å². The van der Waals surface area contributed by atoms with E-state index in [1.165, 1.54) is 0 Å². The summed E-state index contributed by atoms with van der Waals surface area (Å²) < 4.78 is 5.19. The summed E-state index contributed by atoms with van der Waals surface area (Å²) in [6.45, 7) is 3.90. The molecule has 0 atom stereocenters. The maximum absolute atomic E-state index is 12.7. The first-order valence-corrected chi connectivity index (χ1v) is 12.0. The van der Waals surface area contributed by atoms with Crippen LogP contribution in [0.4, 0.5) is 5.69 Å². The molecule has 1 aliphatic rings. The van der Waals surface area contributed by atoms with Crippen LogP contribution < -0.4 is 10.1 Å². The molecule has 0 radical (unpaired) electrons. The lowest BCUT2D eigenvalue weighted by atomic mass is 10.1. The molecule has 0 saturated carbocycles. The van der Waals surface area contributed by atoms with Gasteiger partial charge in [0, 0.05) is 50.1 Å². The van der Waals surface area contributed by atoms with Crippen molar-refractivity contribution in [1.82, 2.24) is 9.80 Å². The number of hydrogen-bond donors (Lipinski definition) is 1. The molecule has 6 nitrogen and oxygen atoms in total.